The molecule has 0 aliphatic rings. The van der Waals surface area contributed by atoms with E-state index in [2.05, 4.69) is 36.0 Å². The van der Waals surface area contributed by atoms with Crippen molar-refractivity contribution in [1.29, 1.82) is 0 Å². The van der Waals surface area contributed by atoms with Crippen molar-refractivity contribution in [2.24, 2.45) is 0 Å². The molecule has 0 N–H and O–H groups in total. The molecule has 3 aromatic rings. The first kappa shape index (κ1) is 14.2. The van der Waals surface area contributed by atoms with Crippen molar-refractivity contribution in [2.75, 3.05) is 0 Å². The Morgan fingerprint density at radius 2 is 2.00 bits per heavy atom. The molecule has 106 valence electrons. The van der Waals surface area contributed by atoms with Gasteiger partial charge in [-0.25, -0.2) is 4.68 Å². The second kappa shape index (κ2) is 5.97. The van der Waals surface area contributed by atoms with E-state index in [4.69, 9.17) is 27.9 Å². The van der Waals surface area contributed by atoms with Crippen molar-refractivity contribution in [3.05, 3.63) is 51.4 Å². The van der Waals surface area contributed by atoms with E-state index in [9.17, 15) is 0 Å². The third-order valence-electron chi connectivity index (χ3n) is 2.38. The van der Waals surface area contributed by atoms with E-state index in [0.717, 1.165) is 4.47 Å². The third kappa shape index (κ3) is 3.31. The van der Waals surface area contributed by atoms with E-state index in [-0.39, 0.29) is 17.2 Å². The predicted molar refractivity (Wildman–Crippen MR) is 81.2 cm³/mol. The topological polar surface area (TPSA) is 65.7 Å². The van der Waals surface area contributed by atoms with E-state index >= 15 is 0 Å². The van der Waals surface area contributed by atoms with Crippen molar-refractivity contribution < 1.29 is 4.74 Å². The molecule has 0 aliphatic carbocycles. The van der Waals surface area contributed by atoms with Gasteiger partial charge in [0.15, 0.2) is 5.75 Å². The Morgan fingerprint density at radius 1 is 1.14 bits per heavy atom. The van der Waals surface area contributed by atoms with Crippen molar-refractivity contribution in [3.63, 3.8) is 0 Å². The number of hydrogen-bond donors (Lipinski definition) is 0. The van der Waals surface area contributed by atoms with Crippen molar-refractivity contribution in [3.8, 4) is 17.7 Å². The lowest BCUT2D eigenvalue weighted by Gasteiger charge is -2.07. The molecule has 0 atom stereocenters. The first-order valence-corrected chi connectivity index (χ1v) is 7.21. The van der Waals surface area contributed by atoms with Crippen molar-refractivity contribution in [2.45, 2.75) is 0 Å². The summed E-state index contributed by atoms with van der Waals surface area (Å²) in [6.45, 7) is 0. The van der Waals surface area contributed by atoms with Gasteiger partial charge in [-0.05, 0) is 35.9 Å². The van der Waals surface area contributed by atoms with Crippen LogP contribution in [0.4, 0.5) is 0 Å². The minimum absolute atomic E-state index is 0.00313. The fourth-order valence-corrected chi connectivity index (χ4v) is 2.16. The van der Waals surface area contributed by atoms with Crippen molar-refractivity contribution in [1.82, 2.24) is 24.7 Å². The quantitative estimate of drug-likeness (QED) is 0.682. The molecule has 0 unspecified atom stereocenters. The maximum Gasteiger partial charge on any atom is 0.328 e. The molecule has 0 saturated heterocycles. The van der Waals surface area contributed by atoms with Gasteiger partial charge in [-0.3, -0.25) is 0 Å². The summed E-state index contributed by atoms with van der Waals surface area (Å²) in [6, 6.07) is 6.96. The molecule has 2 aromatic heterocycles. The second-order valence-electron chi connectivity index (χ2n) is 3.81. The fourth-order valence-electron chi connectivity index (χ4n) is 1.51. The normalized spacial score (nSPS) is 10.6. The molecule has 0 radical (unpaired) electrons. The van der Waals surface area contributed by atoms with Crippen LogP contribution in [0.5, 0.6) is 11.8 Å². The zero-order valence-corrected chi connectivity index (χ0v) is 13.3. The number of nitrogens with zero attached hydrogens (tertiary/aromatic N) is 5. The standard InChI is InChI=1S/C12H6BrCl2N5O/c13-7-2-3-8(14)9(6-7)21-12-18-10(15)17-11(19-12)20-5-1-4-16-20/h1-6H. The highest BCUT2D eigenvalue weighted by atomic mass is 79.9. The van der Waals surface area contributed by atoms with Gasteiger partial charge in [0.05, 0.1) is 5.02 Å². The maximum absolute atomic E-state index is 6.06. The minimum atomic E-state index is -0.00313. The van der Waals surface area contributed by atoms with Crippen LogP contribution < -0.4 is 4.74 Å². The van der Waals surface area contributed by atoms with Gasteiger partial charge in [0.25, 0.3) is 5.95 Å². The molecule has 21 heavy (non-hydrogen) atoms. The van der Waals surface area contributed by atoms with Crippen LogP contribution in [0.1, 0.15) is 0 Å². The Balaban J connectivity index is 1.97. The fraction of sp³-hybridized carbons (Fsp3) is 0. The summed E-state index contributed by atoms with van der Waals surface area (Å²) < 4.78 is 7.82. The smallest absolute Gasteiger partial charge is 0.328 e. The summed E-state index contributed by atoms with van der Waals surface area (Å²) in [5.41, 5.74) is 0. The van der Waals surface area contributed by atoms with Crippen LogP contribution in [-0.4, -0.2) is 24.7 Å². The number of rotatable bonds is 3. The zero-order chi connectivity index (χ0) is 14.8. The summed E-state index contributed by atoms with van der Waals surface area (Å²) in [6.07, 6.45) is 3.28. The monoisotopic (exact) mass is 385 g/mol. The Hall–Kier alpha value is -1.70. The van der Waals surface area contributed by atoms with E-state index in [1.54, 1.807) is 36.7 Å². The predicted octanol–water partition coefficient (Wildman–Crippen LogP) is 3.92. The Kier molecular flexibility index (Phi) is 4.05. The first-order valence-electron chi connectivity index (χ1n) is 5.66. The third-order valence-corrected chi connectivity index (χ3v) is 3.35. The largest absolute Gasteiger partial charge is 0.423 e. The molecule has 3 rings (SSSR count). The zero-order valence-electron chi connectivity index (χ0n) is 10.2. The number of aromatic nitrogens is 5. The second-order valence-corrected chi connectivity index (χ2v) is 5.48. The Morgan fingerprint density at radius 3 is 2.76 bits per heavy atom. The molecule has 0 fully saturated rings. The summed E-state index contributed by atoms with van der Waals surface area (Å²) in [7, 11) is 0. The van der Waals surface area contributed by atoms with Gasteiger partial charge in [-0.1, -0.05) is 27.5 Å². The molecule has 0 amide bonds. The van der Waals surface area contributed by atoms with Crippen LogP contribution in [0.2, 0.25) is 10.3 Å². The molecule has 9 heteroatoms. The Labute approximate surface area is 137 Å². The number of benzene rings is 1. The highest BCUT2D eigenvalue weighted by Gasteiger charge is 2.11. The van der Waals surface area contributed by atoms with Crippen LogP contribution in [0.15, 0.2) is 41.1 Å². The average molecular weight is 387 g/mol. The molecule has 6 nitrogen and oxygen atoms in total. The van der Waals surface area contributed by atoms with Crippen molar-refractivity contribution >= 4 is 39.1 Å². The van der Waals surface area contributed by atoms with Gasteiger partial charge in [-0.15, -0.1) is 0 Å². The van der Waals surface area contributed by atoms with Gasteiger partial charge < -0.3 is 4.74 Å². The van der Waals surface area contributed by atoms with Gasteiger partial charge in [0.1, 0.15) is 0 Å². The number of hydrogen-bond acceptors (Lipinski definition) is 5. The van der Waals surface area contributed by atoms with Gasteiger partial charge in [0, 0.05) is 16.9 Å². The van der Waals surface area contributed by atoms with E-state index < -0.39 is 0 Å². The van der Waals surface area contributed by atoms with Crippen LogP contribution >= 0.6 is 39.1 Å². The van der Waals surface area contributed by atoms with Gasteiger partial charge in [0.2, 0.25) is 5.28 Å². The molecule has 0 saturated carbocycles. The molecule has 0 bridgehead atoms. The molecular weight excluding hydrogens is 381 g/mol. The van der Waals surface area contributed by atoms with Crippen LogP contribution in [-0.2, 0) is 0 Å². The molecular formula is C12H6BrCl2N5O. The highest BCUT2D eigenvalue weighted by Crippen LogP contribution is 2.31. The number of halogens is 3. The minimum Gasteiger partial charge on any atom is -0.423 e. The van der Waals surface area contributed by atoms with Crippen LogP contribution in [0, 0.1) is 0 Å². The first-order chi connectivity index (χ1) is 10.1. The number of ether oxygens (including phenoxy) is 1. The van der Waals surface area contributed by atoms with Crippen LogP contribution in [0.3, 0.4) is 0 Å². The maximum atomic E-state index is 6.06. The summed E-state index contributed by atoms with van der Waals surface area (Å²) in [5, 5.41) is 4.45. The SMILES string of the molecule is Clc1nc(Oc2cc(Br)ccc2Cl)nc(-n2cccn2)n1. The lowest BCUT2D eigenvalue weighted by molar-refractivity contribution is 0.437. The van der Waals surface area contributed by atoms with E-state index in [1.165, 1.54) is 4.68 Å². The summed E-state index contributed by atoms with van der Waals surface area (Å²) in [4.78, 5) is 12.0. The summed E-state index contributed by atoms with van der Waals surface area (Å²) >= 11 is 15.3. The lowest BCUT2D eigenvalue weighted by Crippen LogP contribution is -2.05. The lowest BCUT2D eigenvalue weighted by atomic mass is 10.3. The van der Waals surface area contributed by atoms with Gasteiger partial charge >= 0.3 is 6.01 Å². The highest BCUT2D eigenvalue weighted by molar-refractivity contribution is 9.10. The van der Waals surface area contributed by atoms with Gasteiger partial charge in [-0.2, -0.15) is 20.1 Å². The summed E-state index contributed by atoms with van der Waals surface area (Å²) in [5.74, 6) is 0.654. The Bertz CT molecular complexity index is 781. The average Bonchev–Trinajstić information content (AvgIpc) is 2.96. The molecule has 0 aliphatic heterocycles. The molecule has 0 spiro atoms. The van der Waals surface area contributed by atoms with Crippen LogP contribution in [0.25, 0.3) is 5.95 Å². The van der Waals surface area contributed by atoms with E-state index in [0.29, 0.717) is 10.8 Å². The molecule has 2 heterocycles. The van der Waals surface area contributed by atoms with E-state index in [1.807, 2.05) is 0 Å². The molecule has 1 aromatic carbocycles.